The predicted octanol–water partition coefficient (Wildman–Crippen LogP) is 4.42. The fourth-order valence-electron chi connectivity index (χ4n) is 2.50. The number of nitrogens with one attached hydrogen (secondary N) is 2. The minimum atomic E-state index is -4.52. The molecule has 2 N–H and O–H groups in total. The summed E-state index contributed by atoms with van der Waals surface area (Å²) in [7, 11) is -3.77. The van der Waals surface area contributed by atoms with Gasteiger partial charge < -0.3 is 10.1 Å². The molecule has 0 radical (unpaired) electrons. The summed E-state index contributed by atoms with van der Waals surface area (Å²) in [6, 6.07) is 14.5. The van der Waals surface area contributed by atoms with Crippen LogP contribution < -0.4 is 14.8 Å². The first-order chi connectivity index (χ1) is 14.6. The highest BCUT2D eigenvalue weighted by Crippen LogP contribution is 2.27. The number of para-hydroxylation sites is 2. The van der Waals surface area contributed by atoms with Crippen molar-refractivity contribution in [1.29, 1.82) is 0 Å². The summed E-state index contributed by atoms with van der Waals surface area (Å²) in [6.07, 6.45) is -4.52. The predicted molar refractivity (Wildman–Crippen MR) is 111 cm³/mol. The highest BCUT2D eigenvalue weighted by atomic mass is 32.2. The monoisotopic (exact) mass is 470 g/mol. The quantitative estimate of drug-likeness (QED) is 0.511. The van der Waals surface area contributed by atoms with Crippen LogP contribution in [0, 0.1) is 0 Å². The van der Waals surface area contributed by atoms with E-state index < -0.39 is 28.7 Å². The maximum absolute atomic E-state index is 12.5. The molecule has 3 rings (SSSR count). The zero-order valence-corrected chi connectivity index (χ0v) is 17.5. The van der Waals surface area contributed by atoms with E-state index in [4.69, 9.17) is 4.74 Å². The molecule has 31 heavy (non-hydrogen) atoms. The lowest BCUT2D eigenvalue weighted by molar-refractivity contribution is -0.153. The van der Waals surface area contributed by atoms with Gasteiger partial charge in [-0.1, -0.05) is 18.2 Å². The third-order valence-electron chi connectivity index (χ3n) is 3.97. The molecule has 1 aromatic heterocycles. The summed E-state index contributed by atoms with van der Waals surface area (Å²) in [4.78, 5) is 13.3. The first-order valence-electron chi connectivity index (χ1n) is 8.86. The van der Waals surface area contributed by atoms with Crippen LogP contribution in [0.1, 0.15) is 15.2 Å². The van der Waals surface area contributed by atoms with Crippen molar-refractivity contribution in [1.82, 2.24) is 4.72 Å². The number of amides is 1. The van der Waals surface area contributed by atoms with Crippen LogP contribution in [0.5, 0.6) is 5.75 Å². The molecular weight excluding hydrogens is 453 g/mol. The smallest absolute Gasteiger partial charge is 0.422 e. The number of halogens is 3. The van der Waals surface area contributed by atoms with Crippen molar-refractivity contribution in [2.45, 2.75) is 17.6 Å². The van der Waals surface area contributed by atoms with Crippen LogP contribution >= 0.6 is 11.3 Å². The number of sulfonamides is 1. The first-order valence-corrected chi connectivity index (χ1v) is 11.2. The molecule has 11 heteroatoms. The number of hydrogen-bond donors (Lipinski definition) is 2. The zero-order chi connectivity index (χ0) is 22.5. The van der Waals surface area contributed by atoms with E-state index in [0.29, 0.717) is 0 Å². The average Bonchev–Trinajstić information content (AvgIpc) is 3.25. The number of carbonyl (C=O) groups excluding carboxylic acids is 1. The molecule has 2 aromatic carbocycles. The van der Waals surface area contributed by atoms with E-state index in [0.717, 1.165) is 4.88 Å². The van der Waals surface area contributed by atoms with Gasteiger partial charge in [0.25, 0.3) is 5.91 Å². The Morgan fingerprint density at radius 1 is 1.00 bits per heavy atom. The van der Waals surface area contributed by atoms with Crippen molar-refractivity contribution < 1.29 is 31.1 Å². The molecule has 0 saturated carbocycles. The Labute approximate surface area is 180 Å². The van der Waals surface area contributed by atoms with Crippen molar-refractivity contribution in [3.05, 3.63) is 76.5 Å². The Kier molecular flexibility index (Phi) is 6.98. The van der Waals surface area contributed by atoms with Crippen LogP contribution in [0.15, 0.2) is 70.9 Å². The molecular formula is C20H17F3N2O4S2. The van der Waals surface area contributed by atoms with Gasteiger partial charge in [-0.15, -0.1) is 11.3 Å². The Morgan fingerprint density at radius 3 is 2.35 bits per heavy atom. The zero-order valence-electron chi connectivity index (χ0n) is 15.8. The van der Waals surface area contributed by atoms with E-state index in [9.17, 15) is 26.4 Å². The van der Waals surface area contributed by atoms with Crippen LogP contribution in [0.3, 0.4) is 0 Å². The normalized spacial score (nSPS) is 11.8. The third-order valence-corrected chi connectivity index (χ3v) is 6.26. The highest BCUT2D eigenvalue weighted by Gasteiger charge is 2.29. The van der Waals surface area contributed by atoms with E-state index in [-0.39, 0.29) is 28.4 Å². The molecule has 0 aliphatic rings. The lowest BCUT2D eigenvalue weighted by atomic mass is 10.2. The number of benzene rings is 2. The summed E-state index contributed by atoms with van der Waals surface area (Å²) >= 11 is 1.42. The molecule has 1 heterocycles. The van der Waals surface area contributed by atoms with E-state index in [1.165, 1.54) is 59.9 Å². The second-order valence-corrected chi connectivity index (χ2v) is 9.08. The lowest BCUT2D eigenvalue weighted by Crippen LogP contribution is -2.23. The highest BCUT2D eigenvalue weighted by molar-refractivity contribution is 7.89. The molecule has 0 fully saturated rings. The molecule has 0 bridgehead atoms. The molecule has 0 spiro atoms. The maximum atomic E-state index is 12.5. The summed E-state index contributed by atoms with van der Waals surface area (Å²) in [6.45, 7) is -1.35. The van der Waals surface area contributed by atoms with Gasteiger partial charge in [0.1, 0.15) is 5.75 Å². The second kappa shape index (κ2) is 9.50. The van der Waals surface area contributed by atoms with E-state index in [1.807, 2.05) is 11.4 Å². The van der Waals surface area contributed by atoms with E-state index >= 15 is 0 Å². The topological polar surface area (TPSA) is 84.5 Å². The molecule has 3 aromatic rings. The molecule has 6 nitrogen and oxygen atoms in total. The molecule has 0 atom stereocenters. The van der Waals surface area contributed by atoms with Crippen molar-refractivity contribution >= 4 is 33.0 Å². The van der Waals surface area contributed by atoms with Crippen LogP contribution in [-0.2, 0) is 16.6 Å². The van der Waals surface area contributed by atoms with Crippen LogP contribution in [-0.4, -0.2) is 27.1 Å². The van der Waals surface area contributed by atoms with Gasteiger partial charge in [-0.25, -0.2) is 13.1 Å². The third kappa shape index (κ3) is 6.54. The lowest BCUT2D eigenvalue weighted by Gasteiger charge is -2.14. The molecule has 164 valence electrons. The molecule has 0 unspecified atom stereocenters. The Hall–Kier alpha value is -2.89. The van der Waals surface area contributed by atoms with Crippen molar-refractivity contribution in [2.75, 3.05) is 11.9 Å². The van der Waals surface area contributed by atoms with Gasteiger partial charge in [0, 0.05) is 17.0 Å². The fourth-order valence-corrected chi connectivity index (χ4v) is 4.24. The number of alkyl halides is 3. The van der Waals surface area contributed by atoms with Crippen LogP contribution in [0.2, 0.25) is 0 Å². The Bertz CT molecular complexity index is 1130. The number of thiophene rings is 1. The molecule has 0 saturated heterocycles. The van der Waals surface area contributed by atoms with Gasteiger partial charge in [-0.3, -0.25) is 4.79 Å². The second-order valence-electron chi connectivity index (χ2n) is 6.28. The van der Waals surface area contributed by atoms with Crippen molar-refractivity contribution in [3.63, 3.8) is 0 Å². The largest absolute Gasteiger partial charge is 0.482 e. The number of rotatable bonds is 8. The van der Waals surface area contributed by atoms with Crippen molar-refractivity contribution in [3.8, 4) is 5.75 Å². The minimum Gasteiger partial charge on any atom is -0.482 e. The van der Waals surface area contributed by atoms with Crippen LogP contribution in [0.4, 0.5) is 18.9 Å². The fraction of sp³-hybridized carbons (Fsp3) is 0.150. The number of hydrogen-bond acceptors (Lipinski definition) is 5. The van der Waals surface area contributed by atoms with Crippen molar-refractivity contribution in [2.24, 2.45) is 0 Å². The SMILES string of the molecule is O=C(Nc1ccccc1OCC(F)(F)F)c1ccc(S(=O)(=O)NCc2cccs2)cc1. The van der Waals surface area contributed by atoms with Gasteiger partial charge in [0.15, 0.2) is 6.61 Å². The number of anilines is 1. The van der Waals surface area contributed by atoms with Gasteiger partial charge in [-0.05, 0) is 47.8 Å². The van der Waals surface area contributed by atoms with Gasteiger partial charge in [0.2, 0.25) is 10.0 Å². The van der Waals surface area contributed by atoms with Gasteiger partial charge in [-0.2, -0.15) is 13.2 Å². The molecule has 0 aliphatic heterocycles. The summed E-state index contributed by atoms with van der Waals surface area (Å²) in [5.41, 5.74) is 0.189. The van der Waals surface area contributed by atoms with Crippen LogP contribution in [0.25, 0.3) is 0 Å². The van der Waals surface area contributed by atoms with E-state index in [2.05, 4.69) is 10.0 Å². The van der Waals surface area contributed by atoms with E-state index in [1.54, 1.807) is 6.07 Å². The summed E-state index contributed by atoms with van der Waals surface area (Å²) < 4.78 is 69.2. The number of ether oxygens (including phenoxy) is 1. The summed E-state index contributed by atoms with van der Waals surface area (Å²) in [5.74, 6) is -0.760. The first kappa shape index (κ1) is 22.8. The average molecular weight is 470 g/mol. The number of carbonyl (C=O) groups is 1. The summed E-state index contributed by atoms with van der Waals surface area (Å²) in [5, 5.41) is 4.31. The molecule has 1 amide bonds. The standard InChI is InChI=1S/C20H17F3N2O4S2/c21-20(22,23)13-29-18-6-2-1-5-17(18)25-19(26)14-7-9-16(10-8-14)31(27,28)24-12-15-4-3-11-30-15/h1-11,24H,12-13H2,(H,25,26). The Morgan fingerprint density at radius 2 is 1.71 bits per heavy atom. The minimum absolute atomic E-state index is 0.0190. The van der Waals surface area contributed by atoms with Gasteiger partial charge >= 0.3 is 6.18 Å². The Balaban J connectivity index is 1.67. The molecule has 0 aliphatic carbocycles. The maximum Gasteiger partial charge on any atom is 0.422 e. The van der Waals surface area contributed by atoms with Gasteiger partial charge in [0.05, 0.1) is 10.6 Å².